The first-order chi connectivity index (χ1) is 13.7. The molecule has 0 aliphatic heterocycles. The third-order valence-electron chi connectivity index (χ3n) is 4.17. The fraction of sp³-hybridized carbons (Fsp3) is 0.182. The van der Waals surface area contributed by atoms with Crippen molar-refractivity contribution in [3.05, 3.63) is 71.8 Å². The van der Waals surface area contributed by atoms with Crippen molar-refractivity contribution < 1.29 is 9.47 Å². The number of hydrogen-bond donors (Lipinski definition) is 2. The lowest BCUT2D eigenvalue weighted by Crippen LogP contribution is -2.31. The van der Waals surface area contributed by atoms with Crippen molar-refractivity contribution in [1.29, 1.82) is 0 Å². The molecule has 0 fully saturated rings. The van der Waals surface area contributed by atoms with Crippen molar-refractivity contribution in [2.75, 3.05) is 13.7 Å². The molecule has 0 saturated carbocycles. The zero-order valence-electron chi connectivity index (χ0n) is 15.9. The SMILES string of the molecule is CCNC(=S)NN=Cc1ccc(OCc2cccc3ccccc23)c(OC)c1. The smallest absolute Gasteiger partial charge is 0.186 e. The summed E-state index contributed by atoms with van der Waals surface area (Å²) in [4.78, 5) is 0. The molecule has 5 nitrogen and oxygen atoms in total. The van der Waals surface area contributed by atoms with Gasteiger partial charge < -0.3 is 14.8 Å². The van der Waals surface area contributed by atoms with E-state index in [0.29, 0.717) is 23.2 Å². The number of fused-ring (bicyclic) bond motifs is 1. The molecule has 3 rings (SSSR count). The number of thiocarbonyl (C=S) groups is 1. The Balaban J connectivity index is 1.70. The first-order valence-electron chi connectivity index (χ1n) is 9.05. The molecule has 6 heteroatoms. The molecule has 0 aliphatic carbocycles. The Hall–Kier alpha value is -3.12. The first-order valence-corrected chi connectivity index (χ1v) is 9.46. The van der Waals surface area contributed by atoms with Crippen LogP contribution in [-0.2, 0) is 6.61 Å². The maximum Gasteiger partial charge on any atom is 0.186 e. The monoisotopic (exact) mass is 393 g/mol. The summed E-state index contributed by atoms with van der Waals surface area (Å²) >= 11 is 5.07. The van der Waals surface area contributed by atoms with Crippen LogP contribution in [0.5, 0.6) is 11.5 Å². The highest BCUT2D eigenvalue weighted by Gasteiger charge is 2.07. The quantitative estimate of drug-likeness (QED) is 0.357. The number of hydrazone groups is 1. The summed E-state index contributed by atoms with van der Waals surface area (Å²) in [5, 5.41) is 9.96. The molecular weight excluding hydrogens is 370 g/mol. The molecule has 0 spiro atoms. The van der Waals surface area contributed by atoms with Gasteiger partial charge >= 0.3 is 0 Å². The molecule has 28 heavy (non-hydrogen) atoms. The summed E-state index contributed by atoms with van der Waals surface area (Å²) in [6.07, 6.45) is 1.68. The van der Waals surface area contributed by atoms with Crippen LogP contribution in [0.15, 0.2) is 65.8 Å². The molecule has 0 aromatic heterocycles. The van der Waals surface area contributed by atoms with Gasteiger partial charge in [0.15, 0.2) is 16.6 Å². The maximum atomic E-state index is 6.04. The van der Waals surface area contributed by atoms with E-state index in [-0.39, 0.29) is 0 Å². The largest absolute Gasteiger partial charge is 0.493 e. The minimum Gasteiger partial charge on any atom is -0.493 e. The van der Waals surface area contributed by atoms with Crippen LogP contribution in [0.2, 0.25) is 0 Å². The molecule has 3 aromatic rings. The van der Waals surface area contributed by atoms with Gasteiger partial charge in [0.05, 0.1) is 13.3 Å². The van der Waals surface area contributed by atoms with Crippen molar-refractivity contribution in [3.8, 4) is 11.5 Å². The summed E-state index contributed by atoms with van der Waals surface area (Å²) in [5.41, 5.74) is 4.77. The van der Waals surface area contributed by atoms with E-state index in [9.17, 15) is 0 Å². The maximum absolute atomic E-state index is 6.04. The number of nitrogens with zero attached hydrogens (tertiary/aromatic N) is 1. The molecule has 0 aliphatic rings. The van der Waals surface area contributed by atoms with Crippen molar-refractivity contribution in [2.24, 2.45) is 5.10 Å². The third kappa shape index (κ3) is 4.98. The fourth-order valence-corrected chi connectivity index (χ4v) is 3.02. The normalized spacial score (nSPS) is 10.8. The van der Waals surface area contributed by atoms with Crippen LogP contribution in [0, 0.1) is 0 Å². The fourth-order valence-electron chi connectivity index (χ4n) is 2.82. The summed E-state index contributed by atoms with van der Waals surface area (Å²) in [7, 11) is 1.62. The molecule has 0 amide bonds. The molecule has 144 valence electrons. The highest BCUT2D eigenvalue weighted by Crippen LogP contribution is 2.29. The molecule has 0 saturated heterocycles. The first kappa shape index (κ1) is 19.6. The Morgan fingerprint density at radius 2 is 1.89 bits per heavy atom. The standard InChI is InChI=1S/C22H23N3O2S/c1-3-23-22(28)25-24-14-16-11-12-20(21(13-16)26-2)27-15-18-9-6-8-17-7-4-5-10-19(17)18/h4-14H,3,15H2,1-2H3,(H2,23,25,28). The van der Waals surface area contributed by atoms with E-state index in [1.54, 1.807) is 13.3 Å². The van der Waals surface area contributed by atoms with Gasteiger partial charge in [-0.05, 0) is 59.2 Å². The second-order valence-electron chi connectivity index (χ2n) is 6.07. The Kier molecular flexibility index (Phi) is 6.81. The summed E-state index contributed by atoms with van der Waals surface area (Å²) < 4.78 is 11.5. The second kappa shape index (κ2) is 9.71. The zero-order chi connectivity index (χ0) is 19.8. The summed E-state index contributed by atoms with van der Waals surface area (Å²) in [5.74, 6) is 1.34. The Labute approximate surface area is 170 Å². The predicted molar refractivity (Wildman–Crippen MR) is 118 cm³/mol. The van der Waals surface area contributed by atoms with Gasteiger partial charge in [-0.25, -0.2) is 0 Å². The summed E-state index contributed by atoms with van der Waals surface area (Å²) in [6, 6.07) is 20.2. The average Bonchev–Trinajstić information content (AvgIpc) is 2.72. The Morgan fingerprint density at radius 3 is 2.71 bits per heavy atom. The van der Waals surface area contributed by atoms with E-state index in [0.717, 1.165) is 17.7 Å². The number of hydrogen-bond acceptors (Lipinski definition) is 4. The van der Waals surface area contributed by atoms with E-state index >= 15 is 0 Å². The van der Waals surface area contributed by atoms with Gasteiger partial charge in [-0.3, -0.25) is 5.43 Å². The van der Waals surface area contributed by atoms with Crippen LogP contribution < -0.4 is 20.2 Å². The van der Waals surface area contributed by atoms with Crippen LogP contribution in [0.3, 0.4) is 0 Å². The van der Waals surface area contributed by atoms with Crippen molar-refractivity contribution >= 4 is 34.3 Å². The predicted octanol–water partition coefficient (Wildman–Crippen LogP) is 4.25. The lowest BCUT2D eigenvalue weighted by molar-refractivity contribution is 0.285. The van der Waals surface area contributed by atoms with E-state index in [1.807, 2.05) is 43.3 Å². The summed E-state index contributed by atoms with van der Waals surface area (Å²) in [6.45, 7) is 3.18. The highest BCUT2D eigenvalue weighted by atomic mass is 32.1. The Bertz CT molecular complexity index is 983. The number of benzene rings is 3. The topological polar surface area (TPSA) is 54.9 Å². The minimum absolute atomic E-state index is 0.462. The van der Waals surface area contributed by atoms with E-state index in [4.69, 9.17) is 21.7 Å². The molecule has 0 unspecified atom stereocenters. The number of methoxy groups -OCH3 is 1. The average molecular weight is 394 g/mol. The lowest BCUT2D eigenvalue weighted by atomic mass is 10.1. The molecule has 0 radical (unpaired) electrons. The van der Waals surface area contributed by atoms with Crippen LogP contribution in [-0.4, -0.2) is 25.0 Å². The van der Waals surface area contributed by atoms with Gasteiger partial charge in [0.1, 0.15) is 6.61 Å². The molecule has 2 N–H and O–H groups in total. The highest BCUT2D eigenvalue weighted by molar-refractivity contribution is 7.80. The van der Waals surface area contributed by atoms with Gasteiger partial charge in [-0.2, -0.15) is 5.10 Å². The Morgan fingerprint density at radius 1 is 1.07 bits per heavy atom. The molecular formula is C22H23N3O2S. The van der Waals surface area contributed by atoms with E-state index in [1.165, 1.54) is 10.8 Å². The van der Waals surface area contributed by atoms with Gasteiger partial charge in [0, 0.05) is 6.54 Å². The third-order valence-corrected chi connectivity index (χ3v) is 4.40. The second-order valence-corrected chi connectivity index (χ2v) is 6.47. The molecule has 3 aromatic carbocycles. The van der Waals surface area contributed by atoms with Gasteiger partial charge in [-0.15, -0.1) is 0 Å². The zero-order valence-corrected chi connectivity index (χ0v) is 16.8. The van der Waals surface area contributed by atoms with Gasteiger partial charge in [0.25, 0.3) is 0 Å². The van der Waals surface area contributed by atoms with E-state index in [2.05, 4.69) is 40.1 Å². The number of rotatable bonds is 7. The lowest BCUT2D eigenvalue weighted by Gasteiger charge is -2.12. The molecule has 0 bridgehead atoms. The molecule has 0 heterocycles. The van der Waals surface area contributed by atoms with E-state index < -0.39 is 0 Å². The molecule has 0 atom stereocenters. The van der Waals surface area contributed by atoms with Crippen LogP contribution in [0.25, 0.3) is 10.8 Å². The van der Waals surface area contributed by atoms with Crippen molar-refractivity contribution in [3.63, 3.8) is 0 Å². The van der Waals surface area contributed by atoms with Gasteiger partial charge in [-0.1, -0.05) is 42.5 Å². The number of nitrogens with one attached hydrogen (secondary N) is 2. The van der Waals surface area contributed by atoms with Crippen LogP contribution in [0.1, 0.15) is 18.1 Å². The number of ether oxygens (including phenoxy) is 2. The van der Waals surface area contributed by atoms with Crippen LogP contribution >= 0.6 is 12.2 Å². The van der Waals surface area contributed by atoms with Crippen molar-refractivity contribution in [1.82, 2.24) is 10.7 Å². The van der Waals surface area contributed by atoms with Crippen LogP contribution in [0.4, 0.5) is 0 Å². The van der Waals surface area contributed by atoms with Crippen molar-refractivity contribution in [2.45, 2.75) is 13.5 Å². The minimum atomic E-state index is 0.462. The van der Waals surface area contributed by atoms with Gasteiger partial charge in [0.2, 0.25) is 0 Å².